The predicted molar refractivity (Wildman–Crippen MR) is 112 cm³/mol. The average molecular weight is 435 g/mol. The van der Waals surface area contributed by atoms with Crippen LogP contribution in [-0.4, -0.2) is 52.0 Å². The Morgan fingerprint density at radius 1 is 1.10 bits per heavy atom. The lowest BCUT2D eigenvalue weighted by Crippen LogP contribution is -2.51. The zero-order valence-corrected chi connectivity index (χ0v) is 18.2. The van der Waals surface area contributed by atoms with Gasteiger partial charge in [-0.3, -0.25) is 4.79 Å². The Bertz CT molecular complexity index is 904. The van der Waals surface area contributed by atoms with Gasteiger partial charge in [-0.2, -0.15) is 4.31 Å². The Balaban J connectivity index is 1.40. The molecule has 1 aliphatic heterocycles. The summed E-state index contributed by atoms with van der Waals surface area (Å²) in [7, 11) is -2.27. The van der Waals surface area contributed by atoms with E-state index < -0.39 is 10.0 Å². The van der Waals surface area contributed by atoms with Gasteiger partial charge in [0.15, 0.2) is 0 Å². The van der Waals surface area contributed by atoms with E-state index in [9.17, 15) is 13.2 Å². The number of methoxy groups -OCH3 is 1. The fourth-order valence-corrected chi connectivity index (χ4v) is 8.12. The fourth-order valence-electron chi connectivity index (χ4n) is 6.53. The second-order valence-corrected chi connectivity index (χ2v) is 11.4. The van der Waals surface area contributed by atoms with E-state index in [4.69, 9.17) is 9.47 Å². The maximum atomic E-state index is 13.4. The molecule has 4 bridgehead atoms. The molecule has 4 saturated carbocycles. The third kappa shape index (κ3) is 3.42. The molecule has 164 valence electrons. The van der Waals surface area contributed by atoms with Gasteiger partial charge in [0, 0.05) is 18.8 Å². The van der Waals surface area contributed by atoms with Crippen molar-refractivity contribution in [1.29, 1.82) is 0 Å². The van der Waals surface area contributed by atoms with Gasteiger partial charge in [-0.1, -0.05) is 0 Å². The summed E-state index contributed by atoms with van der Waals surface area (Å²) in [6.45, 7) is 1.39. The molecule has 1 heterocycles. The molecule has 6 rings (SSSR count). The van der Waals surface area contributed by atoms with E-state index in [1.54, 1.807) is 18.2 Å². The maximum absolute atomic E-state index is 13.4. The molecule has 7 nitrogen and oxygen atoms in total. The van der Waals surface area contributed by atoms with Gasteiger partial charge < -0.3 is 14.8 Å². The molecule has 0 radical (unpaired) electrons. The molecule has 0 aromatic heterocycles. The number of ether oxygens (including phenoxy) is 2. The number of hydrogen-bond donors (Lipinski definition) is 1. The average Bonchev–Trinajstić information content (AvgIpc) is 2.73. The number of nitrogens with zero attached hydrogens (tertiary/aromatic N) is 1. The number of carbonyl (C=O) groups is 1. The van der Waals surface area contributed by atoms with Crippen LogP contribution >= 0.6 is 0 Å². The molecule has 0 atom stereocenters. The highest BCUT2D eigenvalue weighted by molar-refractivity contribution is 7.89. The lowest BCUT2D eigenvalue weighted by Gasteiger charge is -2.55. The molecule has 1 aromatic rings. The number of hydrogen-bond acceptors (Lipinski definition) is 5. The van der Waals surface area contributed by atoms with Gasteiger partial charge in [-0.25, -0.2) is 8.42 Å². The van der Waals surface area contributed by atoms with Crippen molar-refractivity contribution in [3.05, 3.63) is 18.2 Å². The second-order valence-electron chi connectivity index (χ2n) is 9.53. The van der Waals surface area contributed by atoms with Crippen molar-refractivity contribution in [3.63, 3.8) is 0 Å². The summed E-state index contributed by atoms with van der Waals surface area (Å²) < 4.78 is 38.4. The Labute approximate surface area is 178 Å². The third-order valence-electron chi connectivity index (χ3n) is 7.53. The Hall–Kier alpha value is -1.64. The van der Waals surface area contributed by atoms with E-state index in [1.807, 2.05) is 0 Å². The highest BCUT2D eigenvalue weighted by Crippen LogP contribution is 2.60. The first kappa shape index (κ1) is 20.3. The number of carbonyl (C=O) groups excluding carboxylic acids is 1. The molecule has 1 N–H and O–H groups in total. The van der Waals surface area contributed by atoms with Crippen LogP contribution in [0.15, 0.2) is 23.1 Å². The molecule has 1 aromatic carbocycles. The minimum Gasteiger partial charge on any atom is -0.495 e. The summed E-state index contributed by atoms with van der Waals surface area (Å²) >= 11 is 0. The summed E-state index contributed by atoms with van der Waals surface area (Å²) in [6.07, 6.45) is 6.74. The van der Waals surface area contributed by atoms with Crippen LogP contribution in [0.2, 0.25) is 0 Å². The quantitative estimate of drug-likeness (QED) is 0.770. The Morgan fingerprint density at radius 2 is 1.70 bits per heavy atom. The van der Waals surface area contributed by atoms with E-state index in [0.717, 1.165) is 19.3 Å². The third-order valence-corrected chi connectivity index (χ3v) is 9.45. The van der Waals surface area contributed by atoms with Crippen LogP contribution in [-0.2, 0) is 19.6 Å². The highest BCUT2D eigenvalue weighted by atomic mass is 32.2. The molecule has 5 fully saturated rings. The van der Waals surface area contributed by atoms with Crippen molar-refractivity contribution in [2.75, 3.05) is 38.7 Å². The fraction of sp³-hybridized carbons (Fsp3) is 0.682. The minimum atomic E-state index is -3.73. The van der Waals surface area contributed by atoms with Gasteiger partial charge in [0.25, 0.3) is 0 Å². The number of rotatable bonds is 5. The van der Waals surface area contributed by atoms with Crippen LogP contribution in [0.5, 0.6) is 5.75 Å². The van der Waals surface area contributed by atoms with Crippen molar-refractivity contribution in [3.8, 4) is 5.75 Å². The molecule has 4 aliphatic carbocycles. The highest BCUT2D eigenvalue weighted by Gasteiger charge is 2.54. The van der Waals surface area contributed by atoms with E-state index in [2.05, 4.69) is 5.32 Å². The number of nitrogens with one attached hydrogen (secondary N) is 1. The standard InChI is InChI=1S/C22H30N2O5S/c1-28-19-3-2-18(11-20(19)30(26,27)24-4-6-29-7-5-24)23-21(25)22-12-15-8-16(13-22)10-17(9-15)14-22/h2-3,11,15-17H,4-10,12-14H2,1H3,(H,23,25). The first-order chi connectivity index (χ1) is 14.4. The van der Waals surface area contributed by atoms with E-state index >= 15 is 0 Å². The zero-order valence-electron chi connectivity index (χ0n) is 17.4. The lowest BCUT2D eigenvalue weighted by atomic mass is 9.49. The van der Waals surface area contributed by atoms with E-state index in [-0.39, 0.29) is 22.0 Å². The summed E-state index contributed by atoms with van der Waals surface area (Å²) in [6, 6.07) is 4.90. The number of sulfonamides is 1. The van der Waals surface area contributed by atoms with Crippen molar-refractivity contribution in [2.24, 2.45) is 23.2 Å². The van der Waals surface area contributed by atoms with Crippen molar-refractivity contribution in [1.82, 2.24) is 4.31 Å². The zero-order chi connectivity index (χ0) is 20.9. The lowest BCUT2D eigenvalue weighted by molar-refractivity contribution is -0.140. The molecule has 1 saturated heterocycles. The summed E-state index contributed by atoms with van der Waals surface area (Å²) in [5.74, 6) is 2.37. The predicted octanol–water partition coefficient (Wildman–Crippen LogP) is 2.87. The minimum absolute atomic E-state index is 0.0569. The van der Waals surface area contributed by atoms with Gasteiger partial charge in [0.1, 0.15) is 10.6 Å². The number of morpholine rings is 1. The van der Waals surface area contributed by atoms with E-state index in [0.29, 0.717) is 49.7 Å². The molecular formula is C22H30N2O5S. The summed E-state index contributed by atoms with van der Waals surface area (Å²) in [5.41, 5.74) is 0.237. The molecule has 0 spiro atoms. The van der Waals surface area contributed by atoms with Crippen LogP contribution in [0.1, 0.15) is 38.5 Å². The first-order valence-corrected chi connectivity index (χ1v) is 12.4. The largest absolute Gasteiger partial charge is 0.495 e. The molecule has 1 amide bonds. The van der Waals surface area contributed by atoms with Crippen LogP contribution in [0.25, 0.3) is 0 Å². The Kier molecular flexibility index (Phi) is 5.07. The van der Waals surface area contributed by atoms with Gasteiger partial charge in [-0.05, 0) is 74.5 Å². The van der Waals surface area contributed by atoms with Crippen LogP contribution < -0.4 is 10.1 Å². The van der Waals surface area contributed by atoms with Gasteiger partial charge in [-0.15, -0.1) is 0 Å². The number of anilines is 1. The SMILES string of the molecule is COc1ccc(NC(=O)C23CC4CC(CC(C4)C2)C3)cc1S(=O)(=O)N1CCOCC1. The van der Waals surface area contributed by atoms with Gasteiger partial charge in [0.2, 0.25) is 15.9 Å². The van der Waals surface area contributed by atoms with Gasteiger partial charge in [0.05, 0.1) is 25.7 Å². The van der Waals surface area contributed by atoms with Crippen LogP contribution in [0, 0.1) is 23.2 Å². The molecule has 5 aliphatic rings. The summed E-state index contributed by atoms with van der Waals surface area (Å²) in [4.78, 5) is 13.5. The van der Waals surface area contributed by atoms with Crippen molar-refractivity contribution in [2.45, 2.75) is 43.4 Å². The second kappa shape index (κ2) is 7.50. The number of benzene rings is 1. The first-order valence-electron chi connectivity index (χ1n) is 11.0. The van der Waals surface area contributed by atoms with Crippen LogP contribution in [0.3, 0.4) is 0 Å². The summed E-state index contributed by atoms with van der Waals surface area (Å²) in [5, 5.41) is 3.06. The van der Waals surface area contributed by atoms with Gasteiger partial charge >= 0.3 is 0 Å². The molecular weight excluding hydrogens is 404 g/mol. The molecule has 0 unspecified atom stereocenters. The maximum Gasteiger partial charge on any atom is 0.246 e. The number of amides is 1. The van der Waals surface area contributed by atoms with E-state index in [1.165, 1.54) is 30.7 Å². The van der Waals surface area contributed by atoms with Crippen molar-refractivity contribution >= 4 is 21.6 Å². The monoisotopic (exact) mass is 434 g/mol. The molecule has 8 heteroatoms. The van der Waals surface area contributed by atoms with Crippen molar-refractivity contribution < 1.29 is 22.7 Å². The topological polar surface area (TPSA) is 84.9 Å². The van der Waals surface area contributed by atoms with Crippen LogP contribution in [0.4, 0.5) is 5.69 Å². The Morgan fingerprint density at radius 3 is 2.27 bits per heavy atom. The normalized spacial score (nSPS) is 33.4. The molecule has 30 heavy (non-hydrogen) atoms. The smallest absolute Gasteiger partial charge is 0.246 e.